The average molecular weight is 276 g/mol. The Morgan fingerprint density at radius 2 is 2.15 bits per heavy atom. The van der Waals surface area contributed by atoms with Crippen LogP contribution in [-0.4, -0.2) is 50.4 Å². The quantitative estimate of drug-likeness (QED) is 0.766. The Morgan fingerprint density at radius 1 is 1.40 bits per heavy atom. The zero-order valence-corrected chi connectivity index (χ0v) is 12.1. The minimum Gasteiger partial charge on any atom is -0.479 e. The molecule has 0 spiro atoms. The van der Waals surface area contributed by atoms with Crippen LogP contribution in [0.15, 0.2) is 18.2 Å². The summed E-state index contributed by atoms with van der Waals surface area (Å²) in [6.07, 6.45) is 1.17. The first-order valence-electron chi connectivity index (χ1n) is 6.75. The number of ether oxygens (including phenoxy) is 1. The number of fused-ring (bicyclic) bond motifs is 1. The third-order valence-corrected chi connectivity index (χ3v) is 3.31. The minimum atomic E-state index is -0.482. The van der Waals surface area contributed by atoms with Crippen LogP contribution in [-0.2, 0) is 4.79 Å². The summed E-state index contributed by atoms with van der Waals surface area (Å²) < 4.78 is 5.58. The largest absolute Gasteiger partial charge is 0.479 e. The molecule has 0 bridgehead atoms. The van der Waals surface area contributed by atoms with Gasteiger partial charge in [-0.15, -0.1) is 0 Å². The van der Waals surface area contributed by atoms with Crippen molar-refractivity contribution in [2.24, 2.45) is 0 Å². The first kappa shape index (κ1) is 14.5. The van der Waals surface area contributed by atoms with Gasteiger partial charge in [0.25, 0.3) is 5.91 Å². The fourth-order valence-corrected chi connectivity index (χ4v) is 2.27. The van der Waals surface area contributed by atoms with Gasteiger partial charge in [-0.2, -0.15) is 0 Å². The molecule has 0 aromatic heterocycles. The van der Waals surface area contributed by atoms with Crippen LogP contribution in [0.3, 0.4) is 0 Å². The highest BCUT2D eigenvalue weighted by Crippen LogP contribution is 2.34. The lowest BCUT2D eigenvalue weighted by atomic mass is 10.1. The van der Waals surface area contributed by atoms with E-state index in [1.165, 1.54) is 0 Å². The molecule has 20 heavy (non-hydrogen) atoms. The Bertz CT molecular complexity index is 514. The van der Waals surface area contributed by atoms with Crippen LogP contribution in [0.4, 0.5) is 5.69 Å². The number of hydrogen-bond donors (Lipinski definition) is 0. The van der Waals surface area contributed by atoms with Crippen LogP contribution < -0.4 is 9.64 Å². The summed E-state index contributed by atoms with van der Waals surface area (Å²) in [4.78, 5) is 27.0. The highest BCUT2D eigenvalue weighted by atomic mass is 16.5. The van der Waals surface area contributed by atoms with Crippen molar-refractivity contribution in [1.29, 1.82) is 0 Å². The second kappa shape index (κ2) is 6.05. The molecule has 1 atom stereocenters. The predicted octanol–water partition coefficient (Wildman–Crippen LogP) is 1.56. The van der Waals surface area contributed by atoms with Crippen LogP contribution in [0, 0.1) is 0 Å². The molecule has 1 aromatic rings. The maximum Gasteiger partial charge on any atom is 0.267 e. The SMILES string of the molecule is CC1Oc2ccc(C=O)cc2N(CCCN(C)C)C1=O. The molecule has 5 nitrogen and oxygen atoms in total. The van der Waals surface area contributed by atoms with Gasteiger partial charge in [0.2, 0.25) is 0 Å². The predicted molar refractivity (Wildman–Crippen MR) is 77.4 cm³/mol. The van der Waals surface area contributed by atoms with Crippen LogP contribution >= 0.6 is 0 Å². The van der Waals surface area contributed by atoms with Crippen molar-refractivity contribution in [2.75, 3.05) is 32.1 Å². The van der Waals surface area contributed by atoms with Gasteiger partial charge in [0.1, 0.15) is 12.0 Å². The summed E-state index contributed by atoms with van der Waals surface area (Å²) >= 11 is 0. The van der Waals surface area contributed by atoms with Gasteiger partial charge in [-0.25, -0.2) is 0 Å². The molecule has 1 amide bonds. The van der Waals surface area contributed by atoms with Crippen LogP contribution in [0.5, 0.6) is 5.75 Å². The van der Waals surface area contributed by atoms with E-state index >= 15 is 0 Å². The number of carbonyl (C=O) groups is 2. The summed E-state index contributed by atoms with van der Waals surface area (Å²) in [7, 11) is 4.00. The number of amides is 1. The van der Waals surface area contributed by atoms with E-state index in [4.69, 9.17) is 4.74 Å². The third kappa shape index (κ3) is 2.99. The molecular weight excluding hydrogens is 256 g/mol. The number of benzene rings is 1. The van der Waals surface area contributed by atoms with Crippen molar-refractivity contribution in [1.82, 2.24) is 4.90 Å². The Hall–Kier alpha value is -1.88. The van der Waals surface area contributed by atoms with Crippen molar-refractivity contribution in [2.45, 2.75) is 19.4 Å². The molecule has 5 heteroatoms. The summed E-state index contributed by atoms with van der Waals surface area (Å²) in [5, 5.41) is 0. The molecule has 1 aliphatic rings. The van der Waals surface area contributed by atoms with E-state index in [1.807, 2.05) is 14.1 Å². The molecule has 0 fully saturated rings. The van der Waals surface area contributed by atoms with Crippen molar-refractivity contribution in [3.63, 3.8) is 0 Å². The normalized spacial score (nSPS) is 17.9. The zero-order chi connectivity index (χ0) is 14.7. The van der Waals surface area contributed by atoms with Crippen molar-refractivity contribution in [3.05, 3.63) is 23.8 Å². The Kier molecular flexibility index (Phi) is 4.39. The zero-order valence-electron chi connectivity index (χ0n) is 12.1. The van der Waals surface area contributed by atoms with E-state index in [0.29, 0.717) is 23.5 Å². The van der Waals surface area contributed by atoms with Gasteiger partial charge in [0.05, 0.1) is 5.69 Å². The fourth-order valence-electron chi connectivity index (χ4n) is 2.27. The van der Waals surface area contributed by atoms with Gasteiger partial charge < -0.3 is 14.5 Å². The van der Waals surface area contributed by atoms with E-state index in [-0.39, 0.29) is 5.91 Å². The fraction of sp³-hybridized carbons (Fsp3) is 0.467. The number of anilines is 1. The van der Waals surface area contributed by atoms with Gasteiger partial charge in [0.15, 0.2) is 6.10 Å². The Morgan fingerprint density at radius 3 is 2.80 bits per heavy atom. The van der Waals surface area contributed by atoms with Gasteiger partial charge >= 0.3 is 0 Å². The van der Waals surface area contributed by atoms with Gasteiger partial charge in [-0.1, -0.05) is 0 Å². The van der Waals surface area contributed by atoms with Gasteiger partial charge in [0, 0.05) is 12.1 Å². The molecule has 0 aliphatic carbocycles. The summed E-state index contributed by atoms with van der Waals surface area (Å²) in [6.45, 7) is 3.28. The van der Waals surface area contributed by atoms with Crippen LogP contribution in [0.1, 0.15) is 23.7 Å². The number of carbonyl (C=O) groups excluding carboxylic acids is 2. The number of nitrogens with zero attached hydrogens (tertiary/aromatic N) is 2. The summed E-state index contributed by atoms with van der Waals surface area (Å²) in [5.41, 5.74) is 1.24. The molecule has 1 aromatic carbocycles. The van der Waals surface area contributed by atoms with E-state index in [2.05, 4.69) is 4.90 Å². The lowest BCUT2D eigenvalue weighted by Crippen LogP contribution is -2.45. The van der Waals surface area contributed by atoms with Crippen molar-refractivity contribution < 1.29 is 14.3 Å². The molecule has 0 N–H and O–H groups in total. The number of rotatable bonds is 5. The molecule has 0 saturated heterocycles. The summed E-state index contributed by atoms with van der Waals surface area (Å²) in [6, 6.07) is 5.16. The van der Waals surface area contributed by atoms with Gasteiger partial charge in [-0.3, -0.25) is 9.59 Å². The van der Waals surface area contributed by atoms with Crippen molar-refractivity contribution >= 4 is 17.9 Å². The second-order valence-electron chi connectivity index (χ2n) is 5.25. The molecule has 0 radical (unpaired) electrons. The second-order valence-corrected chi connectivity index (χ2v) is 5.25. The van der Waals surface area contributed by atoms with Gasteiger partial charge in [-0.05, 0) is 52.2 Å². The van der Waals surface area contributed by atoms with E-state index in [1.54, 1.807) is 30.0 Å². The highest BCUT2D eigenvalue weighted by molar-refractivity contribution is 6.00. The molecule has 1 unspecified atom stereocenters. The molecule has 2 rings (SSSR count). The van der Waals surface area contributed by atoms with Crippen LogP contribution in [0.25, 0.3) is 0 Å². The molecule has 0 saturated carbocycles. The molecule has 1 aliphatic heterocycles. The highest BCUT2D eigenvalue weighted by Gasteiger charge is 2.31. The summed E-state index contributed by atoms with van der Waals surface area (Å²) in [5.74, 6) is 0.604. The Balaban J connectivity index is 2.25. The molecular formula is C15H20N2O3. The van der Waals surface area contributed by atoms with Crippen LogP contribution in [0.2, 0.25) is 0 Å². The van der Waals surface area contributed by atoms with E-state index in [9.17, 15) is 9.59 Å². The minimum absolute atomic E-state index is 0.0562. The maximum absolute atomic E-state index is 12.3. The first-order valence-corrected chi connectivity index (χ1v) is 6.75. The Labute approximate surface area is 119 Å². The topological polar surface area (TPSA) is 49.9 Å². The monoisotopic (exact) mass is 276 g/mol. The maximum atomic E-state index is 12.3. The lowest BCUT2D eigenvalue weighted by Gasteiger charge is -2.33. The van der Waals surface area contributed by atoms with E-state index < -0.39 is 6.10 Å². The smallest absolute Gasteiger partial charge is 0.267 e. The first-order chi connectivity index (χ1) is 9.52. The third-order valence-electron chi connectivity index (χ3n) is 3.31. The van der Waals surface area contributed by atoms with E-state index in [0.717, 1.165) is 19.3 Å². The molecule has 108 valence electrons. The number of aldehydes is 1. The standard InChI is InChI=1S/C15H20N2O3/c1-11-15(19)17(8-4-7-16(2)3)13-9-12(10-18)5-6-14(13)20-11/h5-6,9-11H,4,7-8H2,1-3H3. The number of hydrogen-bond acceptors (Lipinski definition) is 4. The average Bonchev–Trinajstić information content (AvgIpc) is 2.42. The lowest BCUT2D eigenvalue weighted by molar-refractivity contribution is -0.125. The molecule has 1 heterocycles. The van der Waals surface area contributed by atoms with Crippen molar-refractivity contribution in [3.8, 4) is 5.75 Å².